The number of carbonyl (C=O) groups is 3. The van der Waals surface area contributed by atoms with Crippen LogP contribution in [0.4, 0.5) is 0 Å². The number of hydrogen-bond acceptors (Lipinski definition) is 9. The minimum atomic E-state index is -1.03. The Balaban J connectivity index is 0. The summed E-state index contributed by atoms with van der Waals surface area (Å²) in [5, 5.41) is 17.3. The smallest absolute Gasteiger partial charge is 0.371 e. The molecule has 41 heavy (non-hydrogen) atoms. The van der Waals surface area contributed by atoms with Gasteiger partial charge in [0.2, 0.25) is 5.76 Å². The number of carboxylic acid groups (broad SMARTS) is 1. The molecule has 11 nitrogen and oxygen atoms in total. The number of furan rings is 3. The third-order valence-corrected chi connectivity index (χ3v) is 4.73. The average molecular weight is 599 g/mol. The minimum Gasteiger partial charge on any atom is -0.475 e. The third-order valence-electron chi connectivity index (χ3n) is 4.54. The van der Waals surface area contributed by atoms with Gasteiger partial charge in [0, 0.05) is 52.4 Å². The number of aromatic carboxylic acids is 1. The lowest BCUT2D eigenvalue weighted by Crippen LogP contribution is -2.46. The van der Waals surface area contributed by atoms with Crippen LogP contribution >= 0.6 is 11.6 Å². The zero-order chi connectivity index (χ0) is 31.3. The van der Waals surface area contributed by atoms with Gasteiger partial charge < -0.3 is 39.2 Å². The lowest BCUT2D eigenvalue weighted by atomic mass is 10.3. The van der Waals surface area contributed by atoms with Gasteiger partial charge in [0.1, 0.15) is 0 Å². The number of piperazine rings is 2. The van der Waals surface area contributed by atoms with E-state index in [0.717, 1.165) is 52.4 Å². The molecule has 0 unspecified atom stereocenters. The van der Waals surface area contributed by atoms with Gasteiger partial charge in [0.15, 0.2) is 11.5 Å². The zero-order valence-electron chi connectivity index (χ0n) is 25.1. The van der Waals surface area contributed by atoms with E-state index < -0.39 is 11.2 Å². The molecular formula is C29H47ClN4O7. The quantitative estimate of drug-likeness (QED) is 0.295. The highest BCUT2D eigenvalue weighted by Crippen LogP contribution is 2.06. The van der Waals surface area contributed by atoms with E-state index in [4.69, 9.17) is 21.1 Å². The van der Waals surface area contributed by atoms with E-state index in [0.29, 0.717) is 5.76 Å². The molecule has 0 aliphatic carbocycles. The first-order valence-electron chi connectivity index (χ1n) is 13.9. The fourth-order valence-corrected chi connectivity index (χ4v) is 2.93. The number of hydrogen-bond donors (Lipinski definition) is 4. The number of nitrogens with one attached hydrogen (secondary N) is 3. The molecule has 1 amide bonds. The normalized spacial score (nSPS) is 13.0. The van der Waals surface area contributed by atoms with Crippen molar-refractivity contribution in [1.29, 1.82) is 0 Å². The van der Waals surface area contributed by atoms with Crippen molar-refractivity contribution >= 4 is 28.7 Å². The van der Waals surface area contributed by atoms with Crippen LogP contribution in [0.5, 0.6) is 0 Å². The molecule has 232 valence electrons. The Hall–Kier alpha value is -3.38. The van der Waals surface area contributed by atoms with Crippen molar-refractivity contribution in [1.82, 2.24) is 20.9 Å². The van der Waals surface area contributed by atoms with Gasteiger partial charge in [-0.1, -0.05) is 41.5 Å². The summed E-state index contributed by atoms with van der Waals surface area (Å²) in [5.41, 5.74) is 0. The van der Waals surface area contributed by atoms with Gasteiger partial charge in [0.05, 0.1) is 18.8 Å². The molecule has 2 aliphatic rings. The van der Waals surface area contributed by atoms with Crippen molar-refractivity contribution in [3.8, 4) is 0 Å². The Morgan fingerprint density at radius 3 is 1.29 bits per heavy atom. The second-order valence-electron chi connectivity index (χ2n) is 7.05. The molecule has 0 aromatic carbocycles. The second kappa shape index (κ2) is 28.2. The lowest BCUT2D eigenvalue weighted by molar-refractivity contribution is 0.0661. The third kappa shape index (κ3) is 19.4. The standard InChI is InChI=1S/C9H12N2O2.C5H3ClO2.C5H4O3.C4H10N2.3C2H6/c12-9(8-2-1-7-13-8)11-5-3-10-4-6-11;2*6-5(7)4-2-1-3-8-4;1-2-6-4-3-5-1;3*1-2/h1-2,7,10H,3-6H2;1-3H;1-3H,(H,6,7);5-6H,1-4H2;3*1-2H3. The fourth-order valence-electron chi connectivity index (χ4n) is 2.82. The summed E-state index contributed by atoms with van der Waals surface area (Å²) in [6.45, 7) is 19.8. The van der Waals surface area contributed by atoms with Gasteiger partial charge in [-0.2, -0.15) is 0 Å². The van der Waals surface area contributed by atoms with E-state index in [1.165, 1.54) is 37.0 Å². The number of carbonyl (C=O) groups excluding carboxylic acids is 2. The molecule has 2 aliphatic heterocycles. The maximum atomic E-state index is 11.7. The van der Waals surface area contributed by atoms with Crippen molar-refractivity contribution in [3.05, 3.63) is 72.5 Å². The maximum absolute atomic E-state index is 11.7. The largest absolute Gasteiger partial charge is 0.475 e. The maximum Gasteiger partial charge on any atom is 0.371 e. The Morgan fingerprint density at radius 2 is 1.02 bits per heavy atom. The molecule has 2 saturated heterocycles. The van der Waals surface area contributed by atoms with Crippen molar-refractivity contribution < 1.29 is 32.7 Å². The molecule has 0 spiro atoms. The van der Waals surface area contributed by atoms with Crippen LogP contribution < -0.4 is 16.0 Å². The number of rotatable bonds is 3. The summed E-state index contributed by atoms with van der Waals surface area (Å²) < 4.78 is 14.1. The fraction of sp³-hybridized carbons (Fsp3) is 0.483. The Morgan fingerprint density at radius 1 is 0.659 bits per heavy atom. The van der Waals surface area contributed by atoms with Gasteiger partial charge in [-0.3, -0.25) is 9.59 Å². The van der Waals surface area contributed by atoms with Crippen LogP contribution in [0.25, 0.3) is 0 Å². The van der Waals surface area contributed by atoms with Crippen LogP contribution in [0.15, 0.2) is 68.4 Å². The molecule has 12 heteroatoms. The molecule has 3 aromatic heterocycles. The van der Waals surface area contributed by atoms with Crippen LogP contribution in [0.2, 0.25) is 0 Å². The van der Waals surface area contributed by atoms with Crippen LogP contribution in [0, 0.1) is 0 Å². The molecule has 5 heterocycles. The van der Waals surface area contributed by atoms with Gasteiger partial charge in [-0.05, 0) is 48.0 Å². The van der Waals surface area contributed by atoms with Gasteiger partial charge in [-0.15, -0.1) is 0 Å². The van der Waals surface area contributed by atoms with Gasteiger partial charge in [0.25, 0.3) is 11.1 Å². The number of carboxylic acids is 1. The number of nitrogens with zero attached hydrogens (tertiary/aromatic N) is 1. The van der Waals surface area contributed by atoms with E-state index in [1.54, 1.807) is 23.1 Å². The highest BCUT2D eigenvalue weighted by atomic mass is 35.5. The van der Waals surface area contributed by atoms with E-state index in [1.807, 2.05) is 41.5 Å². The van der Waals surface area contributed by atoms with Crippen molar-refractivity contribution in [3.63, 3.8) is 0 Å². The number of amides is 1. The molecular weight excluding hydrogens is 552 g/mol. The summed E-state index contributed by atoms with van der Waals surface area (Å²) in [4.78, 5) is 33.6. The Bertz CT molecular complexity index is 913. The molecule has 2 fully saturated rings. The average Bonchev–Trinajstić information content (AvgIpc) is 3.87. The van der Waals surface area contributed by atoms with E-state index in [-0.39, 0.29) is 17.4 Å². The lowest BCUT2D eigenvalue weighted by Gasteiger charge is -2.26. The SMILES string of the molecule is C1CNCCN1.CC.CC.CC.O=C(Cl)c1ccco1.O=C(O)c1ccco1.O=C(c1ccco1)N1CCNCC1. The molecule has 0 saturated carbocycles. The van der Waals surface area contributed by atoms with E-state index in [2.05, 4.69) is 24.8 Å². The van der Waals surface area contributed by atoms with Crippen molar-refractivity contribution in [2.45, 2.75) is 41.5 Å². The van der Waals surface area contributed by atoms with Crippen molar-refractivity contribution in [2.75, 3.05) is 52.4 Å². The highest BCUT2D eigenvalue weighted by Gasteiger charge is 2.19. The van der Waals surface area contributed by atoms with Gasteiger partial charge >= 0.3 is 5.97 Å². The Kier molecular flexibility index (Phi) is 27.3. The first-order chi connectivity index (χ1) is 20.0. The molecule has 0 radical (unpaired) electrons. The van der Waals surface area contributed by atoms with E-state index in [9.17, 15) is 14.4 Å². The molecule has 4 N–H and O–H groups in total. The second-order valence-corrected chi connectivity index (χ2v) is 7.40. The van der Waals surface area contributed by atoms with Crippen molar-refractivity contribution in [2.24, 2.45) is 0 Å². The monoisotopic (exact) mass is 598 g/mol. The van der Waals surface area contributed by atoms with Crippen LogP contribution in [0.1, 0.15) is 73.2 Å². The zero-order valence-corrected chi connectivity index (χ0v) is 25.8. The summed E-state index contributed by atoms with van der Waals surface area (Å²) in [6.07, 6.45) is 4.24. The van der Waals surface area contributed by atoms with Gasteiger partial charge in [-0.25, -0.2) is 4.79 Å². The Labute approximate surface area is 248 Å². The summed E-state index contributed by atoms with van der Waals surface area (Å²) in [7, 11) is 0. The van der Waals surface area contributed by atoms with Crippen LogP contribution in [0.3, 0.4) is 0 Å². The predicted octanol–water partition coefficient (Wildman–Crippen LogP) is 5.22. The number of halogens is 1. The first-order valence-corrected chi connectivity index (χ1v) is 14.3. The molecule has 0 atom stereocenters. The minimum absolute atomic E-state index is 0.00787. The summed E-state index contributed by atoms with van der Waals surface area (Å²) >= 11 is 5.01. The molecule has 3 aromatic rings. The predicted molar refractivity (Wildman–Crippen MR) is 162 cm³/mol. The summed E-state index contributed by atoms with van der Waals surface area (Å²) in [5.74, 6) is -0.444. The first kappa shape index (κ1) is 39.8. The van der Waals surface area contributed by atoms with Crippen LogP contribution in [-0.4, -0.2) is 79.5 Å². The topological polar surface area (TPSA) is 150 Å². The summed E-state index contributed by atoms with van der Waals surface area (Å²) in [6, 6.07) is 9.47. The van der Waals surface area contributed by atoms with E-state index >= 15 is 0 Å². The molecule has 0 bridgehead atoms. The van der Waals surface area contributed by atoms with Crippen LogP contribution in [-0.2, 0) is 0 Å². The molecule has 5 rings (SSSR count). The highest BCUT2D eigenvalue weighted by molar-refractivity contribution is 6.67.